The predicted molar refractivity (Wildman–Crippen MR) is 102 cm³/mol. The van der Waals surface area contributed by atoms with E-state index in [4.69, 9.17) is 9.84 Å². The molecule has 2 N–H and O–H groups in total. The summed E-state index contributed by atoms with van der Waals surface area (Å²) in [6.07, 6.45) is 0.458. The number of nitrogens with one attached hydrogen (secondary N) is 1. The fourth-order valence-corrected chi connectivity index (χ4v) is 3.44. The highest BCUT2D eigenvalue weighted by atomic mass is 32.1. The number of carbonyl (C=O) groups is 1. The van der Waals surface area contributed by atoms with E-state index in [1.165, 1.54) is 11.3 Å². The van der Waals surface area contributed by atoms with Gasteiger partial charge in [-0.1, -0.05) is 6.07 Å². The number of hydrogen-bond donors (Lipinski definition) is 2. The number of benzene rings is 1. The first-order valence-corrected chi connectivity index (χ1v) is 9.14. The van der Waals surface area contributed by atoms with Crippen LogP contribution in [0.5, 0.6) is 5.75 Å². The first-order valence-electron chi connectivity index (χ1n) is 8.26. The number of hydrogen-bond acceptors (Lipinski definition) is 5. The van der Waals surface area contributed by atoms with Crippen LogP contribution in [0.2, 0.25) is 0 Å². The van der Waals surface area contributed by atoms with Crippen LogP contribution < -0.4 is 10.3 Å². The largest absolute Gasteiger partial charge is 0.497 e. The first kappa shape index (κ1) is 18.2. The number of pyridine rings is 1. The maximum absolute atomic E-state index is 12.7. The number of methoxy groups -OCH3 is 1. The first-order chi connectivity index (χ1) is 12.6. The summed E-state index contributed by atoms with van der Waals surface area (Å²) >= 11 is 1.36. The molecule has 0 spiro atoms. The summed E-state index contributed by atoms with van der Waals surface area (Å²) in [4.78, 5) is 30.2. The SMILES string of the molecule is COc1ccc2cc(CN(CCCO)C(=O)c3cccs3)c(=O)[nH]c2c1. The van der Waals surface area contributed by atoms with E-state index in [1.54, 1.807) is 30.2 Å². The summed E-state index contributed by atoms with van der Waals surface area (Å²) in [6, 6.07) is 10.8. The van der Waals surface area contributed by atoms with Crippen molar-refractivity contribution < 1.29 is 14.6 Å². The number of aliphatic hydroxyl groups is 1. The van der Waals surface area contributed by atoms with Crippen molar-refractivity contribution in [3.8, 4) is 5.75 Å². The van der Waals surface area contributed by atoms with E-state index in [0.29, 0.717) is 34.7 Å². The maximum atomic E-state index is 12.7. The average molecular weight is 372 g/mol. The molecule has 2 heterocycles. The molecule has 0 fully saturated rings. The van der Waals surface area contributed by atoms with Gasteiger partial charge >= 0.3 is 0 Å². The normalized spacial score (nSPS) is 10.8. The predicted octanol–water partition coefficient (Wildman–Crippen LogP) is 2.62. The number of fused-ring (bicyclic) bond motifs is 1. The Morgan fingerprint density at radius 3 is 2.85 bits per heavy atom. The Morgan fingerprint density at radius 2 is 2.15 bits per heavy atom. The number of carbonyl (C=O) groups excluding carboxylic acids is 1. The molecule has 3 aromatic rings. The van der Waals surface area contributed by atoms with Crippen molar-refractivity contribution in [3.63, 3.8) is 0 Å². The second kappa shape index (κ2) is 8.16. The number of amides is 1. The van der Waals surface area contributed by atoms with Gasteiger partial charge in [0.2, 0.25) is 0 Å². The van der Waals surface area contributed by atoms with Gasteiger partial charge in [-0.05, 0) is 41.5 Å². The molecule has 2 aromatic heterocycles. The summed E-state index contributed by atoms with van der Waals surface area (Å²) in [6.45, 7) is 0.559. The Hall–Kier alpha value is -2.64. The number of aromatic amines is 1. The third kappa shape index (κ3) is 3.95. The average Bonchev–Trinajstić information content (AvgIpc) is 3.19. The fourth-order valence-electron chi connectivity index (χ4n) is 2.75. The van der Waals surface area contributed by atoms with Gasteiger partial charge in [-0.25, -0.2) is 0 Å². The molecule has 0 saturated heterocycles. The monoisotopic (exact) mass is 372 g/mol. The zero-order valence-electron chi connectivity index (χ0n) is 14.4. The number of ether oxygens (including phenoxy) is 1. The molecule has 0 aliphatic heterocycles. The van der Waals surface area contributed by atoms with E-state index in [0.717, 1.165) is 5.39 Å². The van der Waals surface area contributed by atoms with Crippen LogP contribution in [0.15, 0.2) is 46.6 Å². The second-order valence-corrected chi connectivity index (χ2v) is 6.81. The highest BCUT2D eigenvalue weighted by Gasteiger charge is 2.18. The lowest BCUT2D eigenvalue weighted by molar-refractivity contribution is 0.0736. The summed E-state index contributed by atoms with van der Waals surface area (Å²) in [7, 11) is 1.57. The molecule has 0 aliphatic rings. The minimum atomic E-state index is -0.237. The van der Waals surface area contributed by atoms with Crippen molar-refractivity contribution in [2.24, 2.45) is 0 Å². The topological polar surface area (TPSA) is 82.6 Å². The van der Waals surface area contributed by atoms with E-state index in [2.05, 4.69) is 4.98 Å². The smallest absolute Gasteiger partial charge is 0.264 e. The Balaban J connectivity index is 1.91. The van der Waals surface area contributed by atoms with Gasteiger partial charge in [0.25, 0.3) is 11.5 Å². The highest BCUT2D eigenvalue weighted by molar-refractivity contribution is 7.12. The molecular formula is C19H20N2O4S. The van der Waals surface area contributed by atoms with Crippen molar-refractivity contribution in [1.29, 1.82) is 0 Å². The Morgan fingerprint density at radius 1 is 1.31 bits per heavy atom. The molecule has 136 valence electrons. The molecular weight excluding hydrogens is 352 g/mol. The van der Waals surface area contributed by atoms with Crippen molar-refractivity contribution in [1.82, 2.24) is 9.88 Å². The summed E-state index contributed by atoms with van der Waals surface area (Å²) in [5.74, 6) is 0.529. The van der Waals surface area contributed by atoms with Gasteiger partial charge in [0, 0.05) is 24.8 Å². The van der Waals surface area contributed by atoms with Gasteiger partial charge in [0.1, 0.15) is 5.75 Å². The minimum Gasteiger partial charge on any atom is -0.497 e. The number of aliphatic hydroxyl groups excluding tert-OH is 1. The number of thiophene rings is 1. The lowest BCUT2D eigenvalue weighted by Crippen LogP contribution is -2.33. The molecule has 1 aromatic carbocycles. The van der Waals surface area contributed by atoms with Gasteiger partial charge < -0.3 is 19.7 Å². The zero-order valence-corrected chi connectivity index (χ0v) is 15.2. The van der Waals surface area contributed by atoms with E-state index < -0.39 is 0 Å². The molecule has 1 amide bonds. The van der Waals surface area contributed by atoms with Gasteiger partial charge in [0.05, 0.1) is 24.0 Å². The van der Waals surface area contributed by atoms with E-state index in [-0.39, 0.29) is 24.6 Å². The Labute approximate surface area is 154 Å². The molecule has 0 unspecified atom stereocenters. The van der Waals surface area contributed by atoms with Crippen LogP contribution in [0.1, 0.15) is 21.7 Å². The molecule has 0 aliphatic carbocycles. The van der Waals surface area contributed by atoms with E-state index in [9.17, 15) is 9.59 Å². The summed E-state index contributed by atoms with van der Waals surface area (Å²) < 4.78 is 5.18. The van der Waals surface area contributed by atoms with Gasteiger partial charge in [-0.3, -0.25) is 9.59 Å². The Bertz CT molecular complexity index is 950. The van der Waals surface area contributed by atoms with E-state index >= 15 is 0 Å². The molecule has 26 heavy (non-hydrogen) atoms. The van der Waals surface area contributed by atoms with Crippen LogP contribution in [-0.2, 0) is 6.54 Å². The standard InChI is InChI=1S/C19H20N2O4S/c1-25-15-6-5-13-10-14(18(23)20-16(13)11-15)12-21(7-3-8-22)19(24)17-4-2-9-26-17/h2,4-6,9-11,22H,3,7-8,12H2,1H3,(H,20,23). The summed E-state index contributed by atoms with van der Waals surface area (Å²) in [5, 5.41) is 11.8. The van der Waals surface area contributed by atoms with Crippen molar-refractivity contribution in [2.45, 2.75) is 13.0 Å². The zero-order chi connectivity index (χ0) is 18.5. The molecule has 6 nitrogen and oxygen atoms in total. The van der Waals surface area contributed by atoms with Crippen LogP contribution in [-0.4, -0.2) is 41.2 Å². The minimum absolute atomic E-state index is 0.0118. The van der Waals surface area contributed by atoms with Crippen LogP contribution in [0, 0.1) is 0 Å². The quantitative estimate of drug-likeness (QED) is 0.668. The molecule has 0 atom stereocenters. The van der Waals surface area contributed by atoms with Gasteiger partial charge in [0.15, 0.2) is 0 Å². The molecule has 7 heteroatoms. The number of rotatable bonds is 7. The third-order valence-electron chi connectivity index (χ3n) is 4.10. The van der Waals surface area contributed by atoms with E-state index in [1.807, 2.05) is 23.6 Å². The second-order valence-electron chi connectivity index (χ2n) is 5.86. The van der Waals surface area contributed by atoms with Crippen LogP contribution >= 0.6 is 11.3 Å². The summed E-state index contributed by atoms with van der Waals surface area (Å²) in [5.41, 5.74) is 0.953. The number of H-pyrrole nitrogens is 1. The molecule has 3 rings (SSSR count). The van der Waals surface area contributed by atoms with Gasteiger partial charge in [-0.15, -0.1) is 11.3 Å². The van der Waals surface area contributed by atoms with Crippen molar-refractivity contribution in [3.05, 3.63) is 62.6 Å². The number of nitrogens with zero attached hydrogens (tertiary/aromatic N) is 1. The Kier molecular flexibility index (Phi) is 5.70. The van der Waals surface area contributed by atoms with Crippen molar-refractivity contribution >= 4 is 28.1 Å². The third-order valence-corrected chi connectivity index (χ3v) is 4.95. The van der Waals surface area contributed by atoms with Gasteiger partial charge in [-0.2, -0.15) is 0 Å². The fraction of sp³-hybridized carbons (Fsp3) is 0.263. The van der Waals surface area contributed by atoms with Crippen molar-refractivity contribution in [2.75, 3.05) is 20.3 Å². The molecule has 0 radical (unpaired) electrons. The van der Waals surface area contributed by atoms with Crippen LogP contribution in [0.25, 0.3) is 10.9 Å². The molecule has 0 bridgehead atoms. The lowest BCUT2D eigenvalue weighted by atomic mass is 10.1. The lowest BCUT2D eigenvalue weighted by Gasteiger charge is -2.21. The number of aromatic nitrogens is 1. The van der Waals surface area contributed by atoms with Crippen LogP contribution in [0.3, 0.4) is 0 Å². The highest BCUT2D eigenvalue weighted by Crippen LogP contribution is 2.20. The molecule has 0 saturated carbocycles. The maximum Gasteiger partial charge on any atom is 0.264 e. The van der Waals surface area contributed by atoms with Crippen LogP contribution in [0.4, 0.5) is 0 Å².